The van der Waals surface area contributed by atoms with Gasteiger partial charge in [0.2, 0.25) is 0 Å². The van der Waals surface area contributed by atoms with Crippen molar-refractivity contribution >= 4 is 22.6 Å². The fourth-order valence-electron chi connectivity index (χ4n) is 3.59. The van der Waals surface area contributed by atoms with E-state index in [4.69, 9.17) is 0 Å². The van der Waals surface area contributed by atoms with E-state index >= 15 is 0 Å². The van der Waals surface area contributed by atoms with Crippen molar-refractivity contribution in [3.8, 4) is 0 Å². The molecule has 4 rings (SSSR count). The minimum Gasteiger partial charge on any atom is -0.368 e. The van der Waals surface area contributed by atoms with Gasteiger partial charge in [0.1, 0.15) is 5.52 Å². The molecule has 0 N–H and O–H groups in total. The maximum atomic E-state index is 12.9. The normalized spacial score (nSPS) is 14.8. The van der Waals surface area contributed by atoms with Crippen LogP contribution in [-0.2, 0) is 6.54 Å². The molecule has 2 heterocycles. The Hall–Kier alpha value is -2.89. The Bertz CT molecular complexity index is 940. The molecule has 0 bridgehead atoms. The summed E-state index contributed by atoms with van der Waals surface area (Å²) in [6, 6.07) is 14.1. The van der Waals surface area contributed by atoms with Crippen molar-refractivity contribution in [1.82, 2.24) is 19.9 Å². The summed E-state index contributed by atoms with van der Waals surface area (Å²) in [5, 5.41) is 8.29. The summed E-state index contributed by atoms with van der Waals surface area (Å²) in [6.45, 7) is 8.09. The van der Waals surface area contributed by atoms with Crippen molar-refractivity contribution in [2.75, 3.05) is 31.1 Å². The van der Waals surface area contributed by atoms with E-state index in [0.717, 1.165) is 43.8 Å². The number of rotatable bonds is 3. The van der Waals surface area contributed by atoms with Crippen molar-refractivity contribution in [1.29, 1.82) is 0 Å². The number of aromatic nitrogens is 3. The smallest absolute Gasteiger partial charge is 0.254 e. The number of para-hydroxylation sites is 1. The summed E-state index contributed by atoms with van der Waals surface area (Å²) in [7, 11) is 0. The first-order chi connectivity index (χ1) is 12.7. The van der Waals surface area contributed by atoms with Crippen LogP contribution in [0.15, 0.2) is 42.5 Å². The average molecular weight is 349 g/mol. The standard InChI is InChI=1S/C20H23N5O/c1-3-25-19-9-8-16(14-17(19)21-22-25)20(26)24-12-10-23(11-13-24)18-7-5-4-6-15(18)2/h4-9,14H,3,10-13H2,1-2H3. The van der Waals surface area contributed by atoms with Gasteiger partial charge >= 0.3 is 0 Å². The maximum Gasteiger partial charge on any atom is 0.254 e. The Morgan fingerprint density at radius 2 is 1.85 bits per heavy atom. The topological polar surface area (TPSA) is 54.3 Å². The quantitative estimate of drug-likeness (QED) is 0.730. The van der Waals surface area contributed by atoms with Crippen molar-refractivity contribution in [2.24, 2.45) is 0 Å². The van der Waals surface area contributed by atoms with Crippen LogP contribution in [0.25, 0.3) is 11.0 Å². The van der Waals surface area contributed by atoms with Crippen molar-refractivity contribution in [3.63, 3.8) is 0 Å². The second kappa shape index (κ2) is 6.78. The monoisotopic (exact) mass is 349 g/mol. The fraction of sp³-hybridized carbons (Fsp3) is 0.350. The highest BCUT2D eigenvalue weighted by atomic mass is 16.2. The van der Waals surface area contributed by atoms with Gasteiger partial charge in [0, 0.05) is 44.0 Å². The van der Waals surface area contributed by atoms with E-state index in [1.54, 1.807) is 0 Å². The van der Waals surface area contributed by atoms with E-state index in [9.17, 15) is 4.79 Å². The molecule has 1 saturated heterocycles. The molecule has 6 heteroatoms. The Balaban J connectivity index is 1.47. The van der Waals surface area contributed by atoms with Gasteiger partial charge in [-0.1, -0.05) is 23.4 Å². The zero-order valence-corrected chi connectivity index (χ0v) is 15.2. The third-order valence-corrected chi connectivity index (χ3v) is 5.08. The molecule has 2 aromatic carbocycles. The summed E-state index contributed by atoms with van der Waals surface area (Å²) in [6.07, 6.45) is 0. The van der Waals surface area contributed by atoms with E-state index in [0.29, 0.717) is 5.56 Å². The summed E-state index contributed by atoms with van der Waals surface area (Å²) in [5.74, 6) is 0.0717. The number of carbonyl (C=O) groups is 1. The molecule has 3 aromatic rings. The van der Waals surface area contributed by atoms with Crippen LogP contribution >= 0.6 is 0 Å². The van der Waals surface area contributed by atoms with Crippen molar-refractivity contribution in [2.45, 2.75) is 20.4 Å². The number of benzene rings is 2. The molecule has 26 heavy (non-hydrogen) atoms. The molecule has 0 spiro atoms. The minimum absolute atomic E-state index is 0.0717. The first-order valence-electron chi connectivity index (χ1n) is 9.10. The van der Waals surface area contributed by atoms with Crippen LogP contribution in [0.2, 0.25) is 0 Å². The molecule has 1 amide bonds. The van der Waals surface area contributed by atoms with Crippen LogP contribution in [-0.4, -0.2) is 52.0 Å². The van der Waals surface area contributed by atoms with Crippen LogP contribution in [0.1, 0.15) is 22.8 Å². The Morgan fingerprint density at radius 1 is 1.08 bits per heavy atom. The van der Waals surface area contributed by atoms with Gasteiger partial charge in [-0.25, -0.2) is 4.68 Å². The van der Waals surface area contributed by atoms with E-state index in [-0.39, 0.29) is 5.91 Å². The Labute approximate surface area is 153 Å². The fourth-order valence-corrected chi connectivity index (χ4v) is 3.59. The number of amides is 1. The first kappa shape index (κ1) is 16.6. The molecule has 1 aliphatic rings. The number of carbonyl (C=O) groups excluding carboxylic acids is 1. The molecule has 0 radical (unpaired) electrons. The second-order valence-corrected chi connectivity index (χ2v) is 6.67. The van der Waals surface area contributed by atoms with Crippen LogP contribution in [0.3, 0.4) is 0 Å². The lowest BCUT2D eigenvalue weighted by Crippen LogP contribution is -2.49. The average Bonchev–Trinajstić information content (AvgIpc) is 3.10. The summed E-state index contributed by atoms with van der Waals surface area (Å²) < 4.78 is 1.84. The summed E-state index contributed by atoms with van der Waals surface area (Å²) in [4.78, 5) is 17.2. The number of piperazine rings is 1. The lowest BCUT2D eigenvalue weighted by Gasteiger charge is -2.36. The Morgan fingerprint density at radius 3 is 2.58 bits per heavy atom. The molecule has 0 aliphatic carbocycles. The molecule has 134 valence electrons. The van der Waals surface area contributed by atoms with Crippen LogP contribution < -0.4 is 4.90 Å². The molecular formula is C20H23N5O. The van der Waals surface area contributed by atoms with Gasteiger partial charge in [-0.15, -0.1) is 5.10 Å². The highest BCUT2D eigenvalue weighted by molar-refractivity contribution is 5.97. The number of anilines is 1. The molecular weight excluding hydrogens is 326 g/mol. The third-order valence-electron chi connectivity index (χ3n) is 5.08. The van der Waals surface area contributed by atoms with Crippen LogP contribution in [0, 0.1) is 6.92 Å². The van der Waals surface area contributed by atoms with E-state index in [1.807, 2.05) is 34.7 Å². The van der Waals surface area contributed by atoms with Crippen molar-refractivity contribution < 1.29 is 4.79 Å². The largest absolute Gasteiger partial charge is 0.368 e. The summed E-state index contributed by atoms with van der Waals surface area (Å²) in [5.41, 5.74) is 4.96. The zero-order valence-electron chi connectivity index (χ0n) is 15.2. The molecule has 0 atom stereocenters. The van der Waals surface area contributed by atoms with Gasteiger partial charge in [0.25, 0.3) is 5.91 Å². The first-order valence-corrected chi connectivity index (χ1v) is 9.10. The van der Waals surface area contributed by atoms with Gasteiger partial charge in [-0.3, -0.25) is 4.79 Å². The maximum absolute atomic E-state index is 12.9. The van der Waals surface area contributed by atoms with Gasteiger partial charge in [0.05, 0.1) is 5.52 Å². The number of hydrogen-bond donors (Lipinski definition) is 0. The number of nitrogens with zero attached hydrogens (tertiary/aromatic N) is 5. The van der Waals surface area contributed by atoms with Crippen LogP contribution in [0.4, 0.5) is 5.69 Å². The van der Waals surface area contributed by atoms with Gasteiger partial charge < -0.3 is 9.80 Å². The second-order valence-electron chi connectivity index (χ2n) is 6.67. The van der Waals surface area contributed by atoms with E-state index in [1.165, 1.54) is 11.3 Å². The predicted octanol–water partition coefficient (Wildman–Crippen LogP) is 2.72. The summed E-state index contributed by atoms with van der Waals surface area (Å²) >= 11 is 0. The van der Waals surface area contributed by atoms with E-state index in [2.05, 4.69) is 46.4 Å². The number of aryl methyl sites for hydroxylation is 2. The molecule has 0 saturated carbocycles. The lowest BCUT2D eigenvalue weighted by molar-refractivity contribution is 0.0747. The molecule has 0 unspecified atom stereocenters. The molecule has 6 nitrogen and oxygen atoms in total. The van der Waals surface area contributed by atoms with Crippen molar-refractivity contribution in [3.05, 3.63) is 53.6 Å². The molecule has 1 fully saturated rings. The predicted molar refractivity (Wildman–Crippen MR) is 102 cm³/mol. The number of fused-ring (bicyclic) bond motifs is 1. The van der Waals surface area contributed by atoms with Gasteiger partial charge in [0.15, 0.2) is 0 Å². The highest BCUT2D eigenvalue weighted by Gasteiger charge is 2.23. The van der Waals surface area contributed by atoms with Crippen LogP contribution in [0.5, 0.6) is 0 Å². The van der Waals surface area contributed by atoms with E-state index < -0.39 is 0 Å². The lowest BCUT2D eigenvalue weighted by atomic mass is 10.1. The number of hydrogen-bond acceptors (Lipinski definition) is 4. The Kier molecular flexibility index (Phi) is 4.32. The van der Waals surface area contributed by atoms with Gasteiger partial charge in [-0.2, -0.15) is 0 Å². The third kappa shape index (κ3) is 2.92. The molecule has 1 aliphatic heterocycles. The highest BCUT2D eigenvalue weighted by Crippen LogP contribution is 2.22. The minimum atomic E-state index is 0.0717. The zero-order chi connectivity index (χ0) is 18.1. The SMILES string of the molecule is CCn1nnc2cc(C(=O)N3CCN(c4ccccc4C)CC3)ccc21. The van der Waals surface area contributed by atoms with Gasteiger partial charge in [-0.05, 0) is 43.7 Å². The molecule has 1 aromatic heterocycles.